The first-order valence-electron chi connectivity index (χ1n) is 10.4. The lowest BCUT2D eigenvalue weighted by Gasteiger charge is -2.35. The van der Waals surface area contributed by atoms with Gasteiger partial charge in [0.05, 0.1) is 7.11 Å². The predicted molar refractivity (Wildman–Crippen MR) is 103 cm³/mol. The first kappa shape index (κ1) is 17.8. The second-order valence-corrected chi connectivity index (χ2v) is 8.36. The van der Waals surface area contributed by atoms with Gasteiger partial charge in [0.15, 0.2) is 0 Å². The fourth-order valence-electron chi connectivity index (χ4n) is 5.35. The van der Waals surface area contributed by atoms with Gasteiger partial charge in [-0.2, -0.15) is 0 Å². The second-order valence-electron chi connectivity index (χ2n) is 8.36. The van der Waals surface area contributed by atoms with Crippen LogP contribution >= 0.6 is 0 Å². The fraction of sp³-hybridized carbons (Fsp3) is 0.682. The van der Waals surface area contributed by atoms with Gasteiger partial charge < -0.3 is 10.1 Å². The summed E-state index contributed by atoms with van der Waals surface area (Å²) in [5, 5.41) is 3.33. The molecular weight excluding hydrogens is 324 g/mol. The van der Waals surface area contributed by atoms with Crippen LogP contribution in [-0.2, 0) is 4.79 Å². The number of methoxy groups -OCH3 is 1. The zero-order chi connectivity index (χ0) is 17.9. The molecule has 4 rings (SSSR count). The number of carbonyl (C=O) groups is 1. The molecule has 0 unspecified atom stereocenters. The molecule has 3 atom stereocenters. The van der Waals surface area contributed by atoms with Crippen molar-refractivity contribution in [3.63, 3.8) is 0 Å². The van der Waals surface area contributed by atoms with E-state index in [1.54, 1.807) is 7.11 Å². The smallest absolute Gasteiger partial charge is 0.220 e. The maximum atomic E-state index is 12.1. The number of ether oxygens (including phenoxy) is 1. The summed E-state index contributed by atoms with van der Waals surface area (Å²) in [5.74, 6) is 1.97. The van der Waals surface area contributed by atoms with Crippen LogP contribution in [0.25, 0.3) is 0 Å². The van der Waals surface area contributed by atoms with Crippen molar-refractivity contribution in [3.05, 3.63) is 29.8 Å². The van der Waals surface area contributed by atoms with E-state index >= 15 is 0 Å². The number of hydrogen-bond donors (Lipinski definition) is 1. The van der Waals surface area contributed by atoms with Gasteiger partial charge in [0.1, 0.15) is 5.75 Å². The molecule has 2 saturated heterocycles. The lowest BCUT2D eigenvalue weighted by molar-refractivity contribution is -0.121. The lowest BCUT2D eigenvalue weighted by Crippen LogP contribution is -2.44. The molecule has 3 aliphatic rings. The number of fused-ring (bicyclic) bond motifs is 1. The van der Waals surface area contributed by atoms with Crippen LogP contribution in [0, 0.1) is 5.92 Å². The van der Waals surface area contributed by atoms with Crippen LogP contribution < -0.4 is 10.1 Å². The Labute approximate surface area is 157 Å². The highest BCUT2D eigenvalue weighted by Gasteiger charge is 2.43. The quantitative estimate of drug-likeness (QED) is 0.884. The predicted octanol–water partition coefficient (Wildman–Crippen LogP) is 4.06. The fourth-order valence-corrected chi connectivity index (χ4v) is 5.35. The van der Waals surface area contributed by atoms with Crippen LogP contribution in [0.15, 0.2) is 24.3 Å². The molecule has 0 bridgehead atoms. The maximum Gasteiger partial charge on any atom is 0.220 e. The van der Waals surface area contributed by atoms with Gasteiger partial charge in [0.2, 0.25) is 5.91 Å². The minimum Gasteiger partial charge on any atom is -0.497 e. The third-order valence-electron chi connectivity index (χ3n) is 6.71. The van der Waals surface area contributed by atoms with Crippen LogP contribution in [0.4, 0.5) is 0 Å². The first-order chi connectivity index (χ1) is 12.7. The van der Waals surface area contributed by atoms with E-state index in [1.165, 1.54) is 44.2 Å². The van der Waals surface area contributed by atoms with Crippen molar-refractivity contribution < 1.29 is 9.53 Å². The first-order valence-corrected chi connectivity index (χ1v) is 10.4. The molecule has 4 nitrogen and oxygen atoms in total. The Morgan fingerprint density at radius 1 is 1.08 bits per heavy atom. The SMILES string of the molecule is COc1ccc([C@@H]2C[C@H]3NC(=O)CCC[C@@H]3N2CC2CCCCC2)cc1. The van der Waals surface area contributed by atoms with E-state index in [4.69, 9.17) is 4.74 Å². The summed E-state index contributed by atoms with van der Waals surface area (Å²) in [5.41, 5.74) is 1.36. The Morgan fingerprint density at radius 2 is 1.85 bits per heavy atom. The maximum absolute atomic E-state index is 12.1. The average molecular weight is 357 g/mol. The Balaban J connectivity index is 1.57. The minimum atomic E-state index is 0.241. The van der Waals surface area contributed by atoms with E-state index in [0.717, 1.165) is 30.9 Å². The zero-order valence-corrected chi connectivity index (χ0v) is 16.0. The van der Waals surface area contributed by atoms with E-state index < -0.39 is 0 Å². The monoisotopic (exact) mass is 356 g/mol. The number of carbonyl (C=O) groups excluding carboxylic acids is 1. The van der Waals surface area contributed by atoms with Gasteiger partial charge in [-0.3, -0.25) is 9.69 Å². The summed E-state index contributed by atoms with van der Waals surface area (Å²) in [6.45, 7) is 1.19. The second kappa shape index (κ2) is 7.99. The summed E-state index contributed by atoms with van der Waals surface area (Å²) >= 11 is 0. The number of hydrogen-bond acceptors (Lipinski definition) is 3. The lowest BCUT2D eigenvalue weighted by atomic mass is 9.88. The topological polar surface area (TPSA) is 41.6 Å². The normalized spacial score (nSPS) is 30.5. The molecule has 1 aliphatic carbocycles. The highest BCUT2D eigenvalue weighted by atomic mass is 16.5. The number of nitrogens with one attached hydrogen (secondary N) is 1. The average Bonchev–Trinajstić information content (AvgIpc) is 2.88. The van der Waals surface area contributed by atoms with Crippen molar-refractivity contribution in [1.82, 2.24) is 10.2 Å². The van der Waals surface area contributed by atoms with Gasteiger partial charge in [-0.25, -0.2) is 0 Å². The van der Waals surface area contributed by atoms with Crippen LogP contribution in [-0.4, -0.2) is 36.5 Å². The third-order valence-corrected chi connectivity index (χ3v) is 6.71. The van der Waals surface area contributed by atoms with Crippen LogP contribution in [0.5, 0.6) is 5.75 Å². The molecule has 142 valence electrons. The molecule has 1 N–H and O–H groups in total. The van der Waals surface area contributed by atoms with Gasteiger partial charge in [0.25, 0.3) is 0 Å². The van der Waals surface area contributed by atoms with Gasteiger partial charge in [0, 0.05) is 31.1 Å². The van der Waals surface area contributed by atoms with E-state index in [9.17, 15) is 4.79 Å². The Bertz CT molecular complexity index is 609. The van der Waals surface area contributed by atoms with Crippen LogP contribution in [0.2, 0.25) is 0 Å². The molecule has 4 heteroatoms. The number of benzene rings is 1. The molecular formula is C22H32N2O2. The molecule has 2 heterocycles. The molecule has 0 spiro atoms. The van der Waals surface area contributed by atoms with E-state index in [0.29, 0.717) is 24.5 Å². The minimum absolute atomic E-state index is 0.241. The van der Waals surface area contributed by atoms with Crippen molar-refractivity contribution in [2.24, 2.45) is 5.92 Å². The standard InChI is InChI=1S/C22H32N2O2/c1-26-18-12-10-17(11-13-18)21-14-19-20(8-5-9-22(25)23-19)24(21)15-16-6-3-2-4-7-16/h10-13,16,19-21H,2-9,14-15H2,1H3,(H,23,25)/t19-,20+,21+/m1/s1. The Kier molecular flexibility index (Phi) is 5.49. The Hall–Kier alpha value is -1.55. The largest absolute Gasteiger partial charge is 0.497 e. The summed E-state index contributed by atoms with van der Waals surface area (Å²) in [6, 6.07) is 9.78. The summed E-state index contributed by atoms with van der Waals surface area (Å²) < 4.78 is 5.33. The van der Waals surface area contributed by atoms with Gasteiger partial charge in [-0.1, -0.05) is 31.4 Å². The van der Waals surface area contributed by atoms with Crippen molar-refractivity contribution in [2.45, 2.75) is 75.9 Å². The molecule has 1 amide bonds. The highest BCUT2D eigenvalue weighted by Crippen LogP contribution is 2.41. The zero-order valence-electron chi connectivity index (χ0n) is 16.0. The highest BCUT2D eigenvalue weighted by molar-refractivity contribution is 5.76. The van der Waals surface area contributed by atoms with Crippen molar-refractivity contribution in [2.75, 3.05) is 13.7 Å². The van der Waals surface area contributed by atoms with Gasteiger partial charge in [-0.15, -0.1) is 0 Å². The molecule has 1 aromatic rings. The van der Waals surface area contributed by atoms with E-state index in [2.05, 4.69) is 34.5 Å². The Morgan fingerprint density at radius 3 is 2.58 bits per heavy atom. The van der Waals surface area contributed by atoms with Crippen molar-refractivity contribution in [3.8, 4) is 5.75 Å². The number of likely N-dealkylation sites (tertiary alicyclic amines) is 1. The number of amides is 1. The van der Waals surface area contributed by atoms with Gasteiger partial charge in [-0.05, 0) is 55.7 Å². The molecule has 2 aliphatic heterocycles. The van der Waals surface area contributed by atoms with Crippen molar-refractivity contribution in [1.29, 1.82) is 0 Å². The summed E-state index contributed by atoms with van der Waals surface area (Å²) in [7, 11) is 1.72. The van der Waals surface area contributed by atoms with Gasteiger partial charge >= 0.3 is 0 Å². The molecule has 0 aromatic heterocycles. The molecule has 26 heavy (non-hydrogen) atoms. The molecule has 1 aromatic carbocycles. The van der Waals surface area contributed by atoms with E-state index in [-0.39, 0.29) is 5.91 Å². The van der Waals surface area contributed by atoms with Crippen LogP contribution in [0.1, 0.15) is 69.4 Å². The third kappa shape index (κ3) is 3.75. The number of nitrogens with zero attached hydrogens (tertiary/aromatic N) is 1. The molecule has 0 radical (unpaired) electrons. The number of rotatable bonds is 4. The molecule has 3 fully saturated rings. The van der Waals surface area contributed by atoms with Crippen molar-refractivity contribution >= 4 is 5.91 Å². The van der Waals surface area contributed by atoms with Crippen LogP contribution in [0.3, 0.4) is 0 Å². The summed E-state index contributed by atoms with van der Waals surface area (Å²) in [6.07, 6.45) is 10.8. The molecule has 1 saturated carbocycles. The summed E-state index contributed by atoms with van der Waals surface area (Å²) in [4.78, 5) is 14.8. The van der Waals surface area contributed by atoms with E-state index in [1.807, 2.05) is 0 Å².